The van der Waals surface area contributed by atoms with Gasteiger partial charge in [-0.3, -0.25) is 0 Å². The molecule has 0 bridgehead atoms. The summed E-state index contributed by atoms with van der Waals surface area (Å²) < 4.78 is 1.78. The van der Waals surface area contributed by atoms with Gasteiger partial charge in [-0.2, -0.15) is 0 Å². The van der Waals surface area contributed by atoms with Gasteiger partial charge in [0.15, 0.2) is 0 Å². The van der Waals surface area contributed by atoms with E-state index in [1.807, 2.05) is 0 Å². The molecule has 0 atom stereocenters. The molecular formula is C21H15N3O6. The summed E-state index contributed by atoms with van der Waals surface area (Å²) in [6.45, 7) is 0. The molecule has 150 valence electrons. The van der Waals surface area contributed by atoms with E-state index in [1.54, 1.807) is 0 Å². The van der Waals surface area contributed by atoms with Gasteiger partial charge in [-0.1, -0.05) is 36.4 Å². The Morgan fingerprint density at radius 1 is 0.433 bits per heavy atom. The van der Waals surface area contributed by atoms with Crippen molar-refractivity contribution < 1.29 is 15.3 Å². The van der Waals surface area contributed by atoms with E-state index in [4.69, 9.17) is 0 Å². The molecule has 0 amide bonds. The van der Waals surface area contributed by atoms with Crippen LogP contribution in [0.25, 0.3) is 17.1 Å². The van der Waals surface area contributed by atoms with Gasteiger partial charge in [0.2, 0.25) is 0 Å². The lowest BCUT2D eigenvalue weighted by Gasteiger charge is -2.15. The molecule has 0 spiro atoms. The fraction of sp³-hybridized carbons (Fsp3) is 0. The average Bonchev–Trinajstić information content (AvgIpc) is 2.72. The molecule has 9 nitrogen and oxygen atoms in total. The highest BCUT2D eigenvalue weighted by molar-refractivity contribution is 5.50. The Kier molecular flexibility index (Phi) is 4.47. The highest BCUT2D eigenvalue weighted by Crippen LogP contribution is 2.22. The van der Waals surface area contributed by atoms with Gasteiger partial charge in [-0.25, -0.2) is 28.1 Å². The molecule has 1 heterocycles. The van der Waals surface area contributed by atoms with Crippen molar-refractivity contribution in [3.63, 3.8) is 0 Å². The van der Waals surface area contributed by atoms with Crippen LogP contribution in [0.3, 0.4) is 0 Å². The number of para-hydroxylation sites is 6. The number of hydrogen-bond donors (Lipinski definition) is 3. The first-order valence-corrected chi connectivity index (χ1v) is 8.78. The lowest BCUT2D eigenvalue weighted by atomic mass is 10.2. The summed E-state index contributed by atoms with van der Waals surface area (Å²) in [6, 6.07) is 16.8. The van der Waals surface area contributed by atoms with Crippen LogP contribution in [0.15, 0.2) is 87.2 Å². The first-order chi connectivity index (χ1) is 14.4. The molecule has 0 saturated heterocycles. The van der Waals surface area contributed by atoms with E-state index in [0.717, 1.165) is 0 Å². The van der Waals surface area contributed by atoms with Crippen molar-refractivity contribution in [1.29, 1.82) is 0 Å². The quantitative estimate of drug-likeness (QED) is 0.471. The molecule has 4 aromatic rings. The maximum Gasteiger partial charge on any atom is 0.345 e. The average molecular weight is 405 g/mol. The van der Waals surface area contributed by atoms with Gasteiger partial charge in [-0.05, 0) is 36.4 Å². The molecule has 0 radical (unpaired) electrons. The lowest BCUT2D eigenvalue weighted by molar-refractivity contribution is 0.460. The third-order valence-electron chi connectivity index (χ3n) is 4.52. The van der Waals surface area contributed by atoms with Gasteiger partial charge in [0.25, 0.3) is 0 Å². The number of benzene rings is 3. The minimum absolute atomic E-state index is 0.166. The van der Waals surface area contributed by atoms with Crippen LogP contribution in [-0.2, 0) is 0 Å². The Labute approximate surface area is 168 Å². The van der Waals surface area contributed by atoms with Gasteiger partial charge in [0, 0.05) is 0 Å². The smallest absolute Gasteiger partial charge is 0.345 e. The molecular weight excluding hydrogens is 390 g/mol. The van der Waals surface area contributed by atoms with E-state index in [-0.39, 0.29) is 34.3 Å². The molecule has 0 unspecified atom stereocenters. The van der Waals surface area contributed by atoms with E-state index in [9.17, 15) is 29.7 Å². The van der Waals surface area contributed by atoms with Crippen LogP contribution < -0.4 is 17.1 Å². The minimum atomic E-state index is -1.10. The zero-order valence-electron chi connectivity index (χ0n) is 15.3. The molecule has 9 heteroatoms. The molecule has 30 heavy (non-hydrogen) atoms. The first kappa shape index (κ1) is 18.8. The minimum Gasteiger partial charge on any atom is -0.506 e. The SMILES string of the molecule is O=c1n(-c2ccccc2O)c(=O)n(-c2ccccc2O)c(=O)n1-c1ccccc1O. The van der Waals surface area contributed by atoms with Crippen molar-refractivity contribution in [2.24, 2.45) is 0 Å². The van der Waals surface area contributed by atoms with Crippen LogP contribution in [0.1, 0.15) is 0 Å². The van der Waals surface area contributed by atoms with Crippen LogP contribution in [0, 0.1) is 0 Å². The molecule has 1 aromatic heterocycles. The van der Waals surface area contributed by atoms with Crippen LogP contribution in [0.4, 0.5) is 0 Å². The number of aromatic nitrogens is 3. The van der Waals surface area contributed by atoms with Gasteiger partial charge in [0.1, 0.15) is 17.2 Å². The highest BCUT2D eigenvalue weighted by atomic mass is 16.3. The molecule has 4 rings (SSSR count). The maximum absolute atomic E-state index is 13.2. The standard InChI is InChI=1S/C21H15N3O6/c25-16-10-4-1-7-13(16)22-19(28)23(14-8-2-5-11-17(14)26)21(30)24(20(22)29)15-9-3-6-12-18(15)27/h1-12,25-27H. The van der Waals surface area contributed by atoms with Crippen molar-refractivity contribution in [2.45, 2.75) is 0 Å². The summed E-state index contributed by atoms with van der Waals surface area (Å²) >= 11 is 0. The Balaban J connectivity index is 2.24. The van der Waals surface area contributed by atoms with Crippen molar-refractivity contribution in [3.8, 4) is 34.3 Å². The molecule has 0 aliphatic heterocycles. The Hall–Kier alpha value is -4.53. The summed E-state index contributed by atoms with van der Waals surface area (Å²) in [5.74, 6) is -1.12. The van der Waals surface area contributed by atoms with E-state index in [0.29, 0.717) is 13.7 Å². The van der Waals surface area contributed by atoms with Crippen LogP contribution in [-0.4, -0.2) is 29.0 Å². The van der Waals surface area contributed by atoms with Crippen molar-refractivity contribution >= 4 is 0 Å². The fourth-order valence-electron chi connectivity index (χ4n) is 3.12. The van der Waals surface area contributed by atoms with Gasteiger partial charge < -0.3 is 15.3 Å². The summed E-state index contributed by atoms with van der Waals surface area (Å²) in [6.07, 6.45) is 0. The molecule has 0 saturated carbocycles. The normalized spacial score (nSPS) is 10.8. The third-order valence-corrected chi connectivity index (χ3v) is 4.52. The second-order valence-electron chi connectivity index (χ2n) is 6.32. The topological polar surface area (TPSA) is 127 Å². The molecule has 3 N–H and O–H groups in total. The van der Waals surface area contributed by atoms with Crippen LogP contribution >= 0.6 is 0 Å². The monoisotopic (exact) mass is 405 g/mol. The predicted molar refractivity (Wildman–Crippen MR) is 108 cm³/mol. The van der Waals surface area contributed by atoms with Crippen LogP contribution in [0.5, 0.6) is 17.2 Å². The first-order valence-electron chi connectivity index (χ1n) is 8.78. The number of nitrogens with zero attached hydrogens (tertiary/aromatic N) is 3. The zero-order valence-corrected chi connectivity index (χ0v) is 15.3. The van der Waals surface area contributed by atoms with Crippen molar-refractivity contribution in [1.82, 2.24) is 13.7 Å². The number of phenolic OH excluding ortho intramolecular Hbond substituents is 3. The number of phenols is 3. The lowest BCUT2D eigenvalue weighted by Crippen LogP contribution is -2.52. The summed E-state index contributed by atoms with van der Waals surface area (Å²) in [4.78, 5) is 39.6. The number of aromatic hydroxyl groups is 3. The molecule has 3 aromatic carbocycles. The summed E-state index contributed by atoms with van der Waals surface area (Å²) in [5.41, 5.74) is -3.79. The zero-order chi connectivity index (χ0) is 21.4. The number of hydrogen-bond acceptors (Lipinski definition) is 6. The second kappa shape index (κ2) is 7.13. The maximum atomic E-state index is 13.2. The van der Waals surface area contributed by atoms with E-state index >= 15 is 0 Å². The van der Waals surface area contributed by atoms with Crippen molar-refractivity contribution in [3.05, 3.63) is 104 Å². The van der Waals surface area contributed by atoms with E-state index in [1.165, 1.54) is 72.8 Å². The van der Waals surface area contributed by atoms with Crippen LogP contribution in [0.2, 0.25) is 0 Å². The summed E-state index contributed by atoms with van der Waals surface area (Å²) in [7, 11) is 0. The molecule has 0 fully saturated rings. The Bertz CT molecular complexity index is 1240. The Morgan fingerprint density at radius 3 is 0.900 bits per heavy atom. The number of rotatable bonds is 3. The highest BCUT2D eigenvalue weighted by Gasteiger charge is 2.23. The molecule has 0 aliphatic carbocycles. The van der Waals surface area contributed by atoms with Gasteiger partial charge in [-0.15, -0.1) is 0 Å². The van der Waals surface area contributed by atoms with Gasteiger partial charge in [0.05, 0.1) is 17.1 Å². The fourth-order valence-corrected chi connectivity index (χ4v) is 3.12. The molecule has 0 aliphatic rings. The van der Waals surface area contributed by atoms with Crippen molar-refractivity contribution in [2.75, 3.05) is 0 Å². The van der Waals surface area contributed by atoms with E-state index in [2.05, 4.69) is 0 Å². The summed E-state index contributed by atoms with van der Waals surface area (Å²) in [5, 5.41) is 30.7. The third kappa shape index (κ3) is 2.85. The van der Waals surface area contributed by atoms with Gasteiger partial charge >= 0.3 is 17.1 Å². The largest absolute Gasteiger partial charge is 0.506 e. The second-order valence-corrected chi connectivity index (χ2v) is 6.32. The van der Waals surface area contributed by atoms with E-state index < -0.39 is 17.1 Å². The Morgan fingerprint density at radius 2 is 0.667 bits per heavy atom. The predicted octanol–water partition coefficient (Wildman–Crippen LogP) is 1.26.